The van der Waals surface area contributed by atoms with Gasteiger partial charge in [0.1, 0.15) is 6.54 Å². The molecule has 8 nitrogen and oxygen atoms in total. The summed E-state index contributed by atoms with van der Waals surface area (Å²) in [4.78, 5) is 23.9. The van der Waals surface area contributed by atoms with Gasteiger partial charge in [-0.1, -0.05) is 24.4 Å². The van der Waals surface area contributed by atoms with Gasteiger partial charge < -0.3 is 14.9 Å². The molecule has 3 rings (SSSR count). The number of hydrogen-bond acceptors (Lipinski definition) is 5. The van der Waals surface area contributed by atoms with E-state index < -0.39 is 17.8 Å². The summed E-state index contributed by atoms with van der Waals surface area (Å²) in [6, 6.07) is 1.19. The molecule has 0 spiro atoms. The molecule has 1 aliphatic rings. The first kappa shape index (κ1) is 17.2. The van der Waals surface area contributed by atoms with E-state index in [-0.39, 0.29) is 11.7 Å². The summed E-state index contributed by atoms with van der Waals surface area (Å²) in [5.74, 6) is -1.29. The lowest BCUT2D eigenvalue weighted by Gasteiger charge is -2.22. The summed E-state index contributed by atoms with van der Waals surface area (Å²) in [5.41, 5.74) is 1.19. The maximum absolute atomic E-state index is 12.4. The standard InChI is InChI=1S/C17H22N4O4/c1-11-8-18-21(9-11)10-12-7-15(20-25-12)16(22)19-14-6-4-2-3-5-13(14)17(23)24/h7-9,13-14H,2-6,10H2,1H3,(H,19,22)(H,23,24)/t13-,14+/m1/s1. The van der Waals surface area contributed by atoms with Crippen LogP contribution in [-0.4, -0.2) is 38.0 Å². The molecular weight excluding hydrogens is 324 g/mol. The smallest absolute Gasteiger partial charge is 0.308 e. The van der Waals surface area contributed by atoms with Crippen LogP contribution < -0.4 is 5.32 Å². The van der Waals surface area contributed by atoms with E-state index in [1.807, 2.05) is 13.1 Å². The Kier molecular flexibility index (Phi) is 5.16. The van der Waals surface area contributed by atoms with E-state index >= 15 is 0 Å². The quantitative estimate of drug-likeness (QED) is 0.801. The SMILES string of the molecule is Cc1cnn(Cc2cc(C(=O)N[C@H]3CCCCC[C@H]3C(=O)O)no2)c1. The van der Waals surface area contributed by atoms with Crippen molar-refractivity contribution >= 4 is 11.9 Å². The Morgan fingerprint density at radius 2 is 2.16 bits per heavy atom. The third-order valence-electron chi connectivity index (χ3n) is 4.52. The van der Waals surface area contributed by atoms with Crippen LogP contribution in [0.4, 0.5) is 0 Å². The first-order chi connectivity index (χ1) is 12.0. The van der Waals surface area contributed by atoms with E-state index in [0.29, 0.717) is 25.1 Å². The van der Waals surface area contributed by atoms with E-state index in [0.717, 1.165) is 24.8 Å². The molecule has 2 N–H and O–H groups in total. The lowest BCUT2D eigenvalue weighted by Crippen LogP contribution is -2.42. The molecule has 0 aliphatic heterocycles. The van der Waals surface area contributed by atoms with E-state index in [2.05, 4.69) is 15.6 Å². The van der Waals surface area contributed by atoms with Crippen LogP contribution in [0.2, 0.25) is 0 Å². The van der Waals surface area contributed by atoms with Gasteiger partial charge in [-0.25, -0.2) is 0 Å². The number of aromatic nitrogens is 3. The molecule has 0 bridgehead atoms. The number of rotatable bonds is 5. The molecule has 134 valence electrons. The van der Waals surface area contributed by atoms with Gasteiger partial charge in [0, 0.05) is 18.3 Å². The van der Waals surface area contributed by atoms with Crippen molar-refractivity contribution < 1.29 is 19.2 Å². The van der Waals surface area contributed by atoms with Crippen molar-refractivity contribution in [2.24, 2.45) is 5.92 Å². The molecular formula is C17H22N4O4. The highest BCUT2D eigenvalue weighted by Crippen LogP contribution is 2.24. The zero-order valence-corrected chi connectivity index (χ0v) is 14.1. The second-order valence-electron chi connectivity index (χ2n) is 6.56. The molecule has 2 heterocycles. The van der Waals surface area contributed by atoms with Crippen molar-refractivity contribution in [3.05, 3.63) is 35.5 Å². The van der Waals surface area contributed by atoms with Crippen LogP contribution >= 0.6 is 0 Å². The zero-order chi connectivity index (χ0) is 17.8. The molecule has 25 heavy (non-hydrogen) atoms. The molecule has 0 aromatic carbocycles. The molecule has 1 saturated carbocycles. The number of carbonyl (C=O) groups is 2. The minimum atomic E-state index is -0.859. The normalized spacial score (nSPS) is 20.8. The third kappa shape index (κ3) is 4.26. The van der Waals surface area contributed by atoms with Crippen LogP contribution in [0.1, 0.15) is 53.9 Å². The van der Waals surface area contributed by atoms with Gasteiger partial charge in [0.2, 0.25) is 0 Å². The fourth-order valence-corrected chi connectivity index (χ4v) is 3.23. The number of carboxylic acid groups (broad SMARTS) is 1. The number of amides is 1. The van der Waals surface area contributed by atoms with E-state index in [4.69, 9.17) is 4.52 Å². The van der Waals surface area contributed by atoms with Crippen molar-refractivity contribution in [1.29, 1.82) is 0 Å². The van der Waals surface area contributed by atoms with Crippen molar-refractivity contribution in [2.45, 2.75) is 51.6 Å². The highest BCUT2D eigenvalue weighted by Gasteiger charge is 2.31. The van der Waals surface area contributed by atoms with Gasteiger partial charge in [0.15, 0.2) is 11.5 Å². The summed E-state index contributed by atoms with van der Waals surface area (Å²) >= 11 is 0. The molecule has 0 radical (unpaired) electrons. The summed E-state index contributed by atoms with van der Waals surface area (Å²) in [6.45, 7) is 2.32. The number of nitrogens with one attached hydrogen (secondary N) is 1. The Morgan fingerprint density at radius 3 is 2.88 bits per heavy atom. The van der Waals surface area contributed by atoms with Crippen molar-refractivity contribution in [3.63, 3.8) is 0 Å². The van der Waals surface area contributed by atoms with Gasteiger partial charge in [-0.15, -0.1) is 0 Å². The van der Waals surface area contributed by atoms with Crippen LogP contribution in [0, 0.1) is 12.8 Å². The Bertz CT molecular complexity index is 751. The molecule has 1 aliphatic carbocycles. The Labute approximate surface area is 145 Å². The largest absolute Gasteiger partial charge is 0.481 e. The second kappa shape index (κ2) is 7.50. The highest BCUT2D eigenvalue weighted by atomic mass is 16.5. The van der Waals surface area contributed by atoms with Gasteiger partial charge in [-0.05, 0) is 25.3 Å². The summed E-state index contributed by atoms with van der Waals surface area (Å²) in [5, 5.41) is 20.2. The minimum absolute atomic E-state index is 0.160. The summed E-state index contributed by atoms with van der Waals surface area (Å²) in [7, 11) is 0. The van der Waals surface area contributed by atoms with Crippen LogP contribution in [0.3, 0.4) is 0 Å². The van der Waals surface area contributed by atoms with Gasteiger partial charge in [0.25, 0.3) is 5.91 Å². The molecule has 2 aromatic heterocycles. The Morgan fingerprint density at radius 1 is 1.36 bits per heavy atom. The van der Waals surface area contributed by atoms with Crippen molar-refractivity contribution in [1.82, 2.24) is 20.3 Å². The lowest BCUT2D eigenvalue weighted by molar-refractivity contribution is -0.142. The van der Waals surface area contributed by atoms with Crippen molar-refractivity contribution in [2.75, 3.05) is 0 Å². The number of carboxylic acids is 1. The molecule has 0 saturated heterocycles. The average molecular weight is 346 g/mol. The van der Waals surface area contributed by atoms with Crippen LogP contribution in [-0.2, 0) is 11.3 Å². The predicted molar refractivity (Wildman–Crippen MR) is 88.0 cm³/mol. The number of nitrogens with zero attached hydrogens (tertiary/aromatic N) is 3. The van der Waals surface area contributed by atoms with Crippen LogP contribution in [0.25, 0.3) is 0 Å². The molecule has 8 heteroatoms. The molecule has 2 aromatic rings. The number of aliphatic carboxylic acids is 1. The zero-order valence-electron chi connectivity index (χ0n) is 14.1. The summed E-state index contributed by atoms with van der Waals surface area (Å²) in [6.07, 6.45) is 7.64. The lowest BCUT2D eigenvalue weighted by atomic mass is 9.95. The molecule has 1 amide bonds. The maximum Gasteiger partial charge on any atom is 0.308 e. The fraction of sp³-hybridized carbons (Fsp3) is 0.529. The number of carbonyl (C=O) groups excluding carboxylic acids is 1. The molecule has 2 atom stereocenters. The Balaban J connectivity index is 1.65. The van der Waals surface area contributed by atoms with E-state index in [1.54, 1.807) is 16.9 Å². The van der Waals surface area contributed by atoms with Gasteiger partial charge in [-0.3, -0.25) is 14.3 Å². The maximum atomic E-state index is 12.4. The van der Waals surface area contributed by atoms with Crippen LogP contribution in [0.15, 0.2) is 23.0 Å². The monoisotopic (exact) mass is 346 g/mol. The van der Waals surface area contributed by atoms with Crippen LogP contribution in [0.5, 0.6) is 0 Å². The van der Waals surface area contributed by atoms with E-state index in [9.17, 15) is 14.7 Å². The number of aryl methyl sites for hydroxylation is 1. The molecule has 0 unspecified atom stereocenters. The predicted octanol–water partition coefficient (Wildman–Crippen LogP) is 1.99. The van der Waals surface area contributed by atoms with E-state index in [1.165, 1.54) is 0 Å². The fourth-order valence-electron chi connectivity index (χ4n) is 3.23. The molecule has 1 fully saturated rings. The first-order valence-corrected chi connectivity index (χ1v) is 8.51. The topological polar surface area (TPSA) is 110 Å². The third-order valence-corrected chi connectivity index (χ3v) is 4.52. The summed E-state index contributed by atoms with van der Waals surface area (Å²) < 4.78 is 6.90. The van der Waals surface area contributed by atoms with Gasteiger partial charge in [0.05, 0.1) is 12.1 Å². The van der Waals surface area contributed by atoms with Crippen molar-refractivity contribution in [3.8, 4) is 0 Å². The van der Waals surface area contributed by atoms with Gasteiger partial charge in [-0.2, -0.15) is 5.10 Å². The second-order valence-corrected chi connectivity index (χ2v) is 6.56. The first-order valence-electron chi connectivity index (χ1n) is 8.51. The highest BCUT2D eigenvalue weighted by molar-refractivity contribution is 5.92. The number of hydrogen-bond donors (Lipinski definition) is 2. The average Bonchev–Trinajstić information content (AvgIpc) is 3.12. The minimum Gasteiger partial charge on any atom is -0.481 e. The van der Waals surface area contributed by atoms with Gasteiger partial charge >= 0.3 is 5.97 Å². The Hall–Kier alpha value is -2.64.